The minimum Gasteiger partial charge on any atom is -0.497 e. The van der Waals surface area contributed by atoms with Crippen molar-refractivity contribution in [2.45, 2.75) is 0 Å². The Morgan fingerprint density at radius 2 is 2.00 bits per heavy atom. The Morgan fingerprint density at radius 1 is 1.33 bits per heavy atom. The van der Waals surface area contributed by atoms with Gasteiger partial charge in [-0.25, -0.2) is 0 Å². The minimum absolute atomic E-state index is 0.0114. The summed E-state index contributed by atoms with van der Waals surface area (Å²) in [4.78, 5) is 16.7. The lowest BCUT2D eigenvalue weighted by atomic mass is 10.2. The Morgan fingerprint density at radius 3 is 2.57 bits per heavy atom. The van der Waals surface area contributed by atoms with E-state index in [1.807, 2.05) is 49.3 Å². The van der Waals surface area contributed by atoms with Crippen molar-refractivity contribution >= 4 is 40.3 Å². The number of amides is 1. The van der Waals surface area contributed by atoms with Gasteiger partial charge in [0.15, 0.2) is 0 Å². The van der Waals surface area contributed by atoms with Crippen molar-refractivity contribution in [3.8, 4) is 5.75 Å². The number of thioether (sulfide) groups is 1. The molecule has 1 aromatic rings. The number of carbonyl (C=O) groups is 1. The average molecular weight is 322 g/mol. The zero-order valence-electron chi connectivity index (χ0n) is 12.3. The van der Waals surface area contributed by atoms with E-state index in [9.17, 15) is 4.79 Å². The summed E-state index contributed by atoms with van der Waals surface area (Å²) in [6.07, 6.45) is 1.87. The van der Waals surface area contributed by atoms with Crippen molar-refractivity contribution in [3.63, 3.8) is 0 Å². The van der Waals surface area contributed by atoms with Gasteiger partial charge in [0.2, 0.25) is 0 Å². The largest absolute Gasteiger partial charge is 0.497 e. The van der Waals surface area contributed by atoms with Crippen LogP contribution in [0.15, 0.2) is 29.2 Å². The Bertz CT molecular complexity index is 568. The number of hydrogen-bond acceptors (Lipinski definition) is 5. The SMILES string of the molecule is COc1ccc(/C=C2\SC(=S)N(CCN(C)C)C2=O)cc1. The summed E-state index contributed by atoms with van der Waals surface area (Å²) in [5.41, 5.74) is 0.962. The van der Waals surface area contributed by atoms with Crippen LogP contribution in [0.4, 0.5) is 0 Å². The fourth-order valence-corrected chi connectivity index (χ4v) is 3.15. The Hall–Kier alpha value is -1.37. The maximum Gasteiger partial charge on any atom is 0.266 e. The van der Waals surface area contributed by atoms with E-state index >= 15 is 0 Å². The molecule has 0 unspecified atom stereocenters. The van der Waals surface area contributed by atoms with Crippen molar-refractivity contribution in [1.29, 1.82) is 0 Å². The number of carbonyl (C=O) groups excluding carboxylic acids is 1. The van der Waals surface area contributed by atoms with Gasteiger partial charge in [0.25, 0.3) is 5.91 Å². The van der Waals surface area contributed by atoms with Crippen LogP contribution in [0.25, 0.3) is 6.08 Å². The second-order valence-electron chi connectivity index (χ2n) is 4.91. The van der Waals surface area contributed by atoms with Crippen LogP contribution in [-0.2, 0) is 4.79 Å². The first-order valence-corrected chi connectivity index (χ1v) is 7.78. The summed E-state index contributed by atoms with van der Waals surface area (Å²) in [6.45, 7) is 1.42. The van der Waals surface area contributed by atoms with Gasteiger partial charge in [-0.05, 0) is 37.9 Å². The van der Waals surface area contributed by atoms with Gasteiger partial charge in [-0.2, -0.15) is 0 Å². The third kappa shape index (κ3) is 4.06. The molecule has 1 amide bonds. The molecule has 112 valence electrons. The first kappa shape index (κ1) is 16.0. The van der Waals surface area contributed by atoms with E-state index in [0.29, 0.717) is 15.8 Å². The lowest BCUT2D eigenvalue weighted by Crippen LogP contribution is -2.34. The number of nitrogens with zero attached hydrogens (tertiary/aromatic N) is 2. The molecule has 1 aromatic carbocycles. The molecule has 0 bridgehead atoms. The quantitative estimate of drug-likeness (QED) is 0.614. The fraction of sp³-hybridized carbons (Fsp3) is 0.333. The molecule has 4 nitrogen and oxygen atoms in total. The molecule has 6 heteroatoms. The highest BCUT2D eigenvalue weighted by Crippen LogP contribution is 2.32. The lowest BCUT2D eigenvalue weighted by molar-refractivity contribution is -0.122. The molecule has 1 aliphatic heterocycles. The normalized spacial score (nSPS) is 17.1. The Balaban J connectivity index is 2.11. The molecule has 0 radical (unpaired) electrons. The molecule has 0 N–H and O–H groups in total. The van der Waals surface area contributed by atoms with E-state index in [1.54, 1.807) is 12.0 Å². The standard InChI is InChI=1S/C15H18N2O2S2/c1-16(2)8-9-17-14(18)13(21-15(17)20)10-11-4-6-12(19-3)7-5-11/h4-7,10H,8-9H2,1-3H3/b13-10-. The first-order chi connectivity index (χ1) is 10.0. The van der Waals surface area contributed by atoms with Gasteiger partial charge in [-0.3, -0.25) is 9.69 Å². The maximum absolute atomic E-state index is 12.4. The average Bonchev–Trinajstić information content (AvgIpc) is 2.72. The van der Waals surface area contributed by atoms with Gasteiger partial charge in [0.05, 0.1) is 12.0 Å². The Labute approximate surface area is 134 Å². The molecule has 1 aliphatic rings. The van der Waals surface area contributed by atoms with Gasteiger partial charge in [0.1, 0.15) is 10.1 Å². The highest BCUT2D eigenvalue weighted by molar-refractivity contribution is 8.26. The first-order valence-electron chi connectivity index (χ1n) is 6.55. The van der Waals surface area contributed by atoms with Crippen molar-refractivity contribution in [2.24, 2.45) is 0 Å². The van der Waals surface area contributed by atoms with E-state index in [1.165, 1.54) is 11.8 Å². The number of hydrogen-bond donors (Lipinski definition) is 0. The molecule has 2 rings (SSSR count). The number of ether oxygens (including phenoxy) is 1. The second-order valence-corrected chi connectivity index (χ2v) is 6.59. The van der Waals surface area contributed by atoms with Crippen LogP contribution < -0.4 is 4.74 Å². The zero-order valence-corrected chi connectivity index (χ0v) is 14.0. The third-order valence-electron chi connectivity index (χ3n) is 3.06. The molecule has 1 fully saturated rings. The van der Waals surface area contributed by atoms with Gasteiger partial charge < -0.3 is 9.64 Å². The van der Waals surface area contributed by atoms with Crippen LogP contribution >= 0.6 is 24.0 Å². The predicted molar refractivity (Wildman–Crippen MR) is 91.4 cm³/mol. The third-order valence-corrected chi connectivity index (χ3v) is 4.44. The van der Waals surface area contributed by atoms with Gasteiger partial charge >= 0.3 is 0 Å². The van der Waals surface area contributed by atoms with Crippen LogP contribution in [0.2, 0.25) is 0 Å². The summed E-state index contributed by atoms with van der Waals surface area (Å²) < 4.78 is 5.75. The van der Waals surface area contributed by atoms with Crippen LogP contribution in [0.1, 0.15) is 5.56 Å². The minimum atomic E-state index is -0.0114. The molecule has 1 saturated heterocycles. The van der Waals surface area contributed by atoms with Crippen molar-refractivity contribution < 1.29 is 9.53 Å². The van der Waals surface area contributed by atoms with E-state index in [0.717, 1.165) is 17.9 Å². The summed E-state index contributed by atoms with van der Waals surface area (Å²) in [7, 11) is 5.58. The highest BCUT2D eigenvalue weighted by Gasteiger charge is 2.31. The van der Waals surface area contributed by atoms with Gasteiger partial charge in [0, 0.05) is 13.1 Å². The van der Waals surface area contributed by atoms with Crippen LogP contribution in [0, 0.1) is 0 Å². The summed E-state index contributed by atoms with van der Waals surface area (Å²) in [5.74, 6) is 0.786. The molecule has 0 atom stereocenters. The van der Waals surface area contributed by atoms with Crippen LogP contribution in [-0.4, -0.2) is 54.3 Å². The summed E-state index contributed by atoms with van der Waals surface area (Å²) >= 11 is 6.65. The second kappa shape index (κ2) is 7.06. The topological polar surface area (TPSA) is 32.8 Å². The number of rotatable bonds is 5. The lowest BCUT2D eigenvalue weighted by Gasteiger charge is -2.17. The van der Waals surface area contributed by atoms with Crippen molar-refractivity contribution in [1.82, 2.24) is 9.80 Å². The fourth-order valence-electron chi connectivity index (χ4n) is 1.84. The number of methoxy groups -OCH3 is 1. The number of thiocarbonyl (C=S) groups is 1. The summed E-state index contributed by atoms with van der Waals surface area (Å²) in [6, 6.07) is 7.59. The van der Waals surface area contributed by atoms with Crippen molar-refractivity contribution in [2.75, 3.05) is 34.3 Å². The highest BCUT2D eigenvalue weighted by atomic mass is 32.2. The van der Waals surface area contributed by atoms with E-state index in [4.69, 9.17) is 17.0 Å². The molecule has 0 aromatic heterocycles. The van der Waals surface area contributed by atoms with E-state index < -0.39 is 0 Å². The molecular formula is C15H18N2O2S2. The molecule has 0 spiro atoms. The molecule has 0 aliphatic carbocycles. The molecule has 21 heavy (non-hydrogen) atoms. The smallest absolute Gasteiger partial charge is 0.266 e. The predicted octanol–water partition coefficient (Wildman–Crippen LogP) is 2.46. The van der Waals surface area contributed by atoms with E-state index in [2.05, 4.69) is 0 Å². The maximum atomic E-state index is 12.4. The zero-order chi connectivity index (χ0) is 15.4. The number of likely N-dealkylation sites (N-methyl/N-ethyl adjacent to an activating group) is 1. The monoisotopic (exact) mass is 322 g/mol. The molecule has 1 heterocycles. The van der Waals surface area contributed by atoms with Crippen LogP contribution in [0.3, 0.4) is 0 Å². The summed E-state index contributed by atoms with van der Waals surface area (Å²) in [5, 5.41) is 0. The van der Waals surface area contributed by atoms with E-state index in [-0.39, 0.29) is 5.91 Å². The van der Waals surface area contributed by atoms with Gasteiger partial charge in [-0.1, -0.05) is 36.1 Å². The number of benzene rings is 1. The van der Waals surface area contributed by atoms with Crippen molar-refractivity contribution in [3.05, 3.63) is 34.7 Å². The molecule has 0 saturated carbocycles. The van der Waals surface area contributed by atoms with Gasteiger partial charge in [-0.15, -0.1) is 0 Å². The Kier molecular flexibility index (Phi) is 5.39. The molecular weight excluding hydrogens is 304 g/mol. The van der Waals surface area contributed by atoms with Crippen LogP contribution in [0.5, 0.6) is 5.75 Å².